The van der Waals surface area contributed by atoms with E-state index in [0.29, 0.717) is 19.4 Å². The smallest absolute Gasteiger partial charge is 0.410 e. The quantitative estimate of drug-likeness (QED) is 0.577. The van der Waals surface area contributed by atoms with Crippen LogP contribution in [0, 0.1) is 17.3 Å². The number of hydrogen-bond acceptors (Lipinski definition) is 4. The molecule has 1 N–H and O–H groups in total. The molecule has 0 aliphatic carbocycles. The Hall–Kier alpha value is -3.30. The summed E-state index contributed by atoms with van der Waals surface area (Å²) in [5.41, 5.74) is 0.188. The summed E-state index contributed by atoms with van der Waals surface area (Å²) < 4.78 is 5.53. The van der Waals surface area contributed by atoms with Crippen LogP contribution in [-0.2, 0) is 9.53 Å². The first kappa shape index (κ1) is 28.9. The Morgan fingerprint density at radius 1 is 1.08 bits per heavy atom. The maximum Gasteiger partial charge on any atom is 0.410 e. The first-order valence-corrected chi connectivity index (χ1v) is 12.3. The molecule has 2 amide bonds. The van der Waals surface area contributed by atoms with E-state index in [9.17, 15) is 14.7 Å². The number of nitrogens with zero attached hydrogens (tertiary/aromatic N) is 2. The normalized spacial score (nSPS) is 16.5. The minimum atomic E-state index is -0.860. The van der Waals surface area contributed by atoms with Crippen LogP contribution in [0.2, 0.25) is 0 Å². The highest BCUT2D eigenvalue weighted by molar-refractivity contribution is 5.84. The second kappa shape index (κ2) is 12.6. The van der Waals surface area contributed by atoms with Crippen molar-refractivity contribution >= 4 is 12.0 Å². The fourth-order valence-electron chi connectivity index (χ4n) is 3.95. The van der Waals surface area contributed by atoms with Crippen LogP contribution in [0.5, 0.6) is 0 Å². The number of ether oxygens (including phenoxy) is 1. The molecule has 1 saturated heterocycles. The van der Waals surface area contributed by atoms with E-state index in [1.807, 2.05) is 81.4 Å². The van der Waals surface area contributed by atoms with E-state index in [0.717, 1.165) is 11.1 Å². The molecule has 1 heterocycles. The van der Waals surface area contributed by atoms with Crippen molar-refractivity contribution in [2.75, 3.05) is 20.6 Å². The zero-order valence-corrected chi connectivity index (χ0v) is 22.6. The van der Waals surface area contributed by atoms with Crippen molar-refractivity contribution in [3.8, 4) is 11.8 Å². The van der Waals surface area contributed by atoms with Gasteiger partial charge in [-0.05, 0) is 52.3 Å². The van der Waals surface area contributed by atoms with Gasteiger partial charge < -0.3 is 19.6 Å². The molecule has 0 spiro atoms. The van der Waals surface area contributed by atoms with Gasteiger partial charge in [-0.15, -0.1) is 0 Å². The van der Waals surface area contributed by atoms with Crippen molar-refractivity contribution in [1.82, 2.24) is 9.80 Å². The molecule has 0 saturated carbocycles. The summed E-state index contributed by atoms with van der Waals surface area (Å²) in [5, 5.41) is 9.95. The van der Waals surface area contributed by atoms with Crippen LogP contribution in [0.4, 0.5) is 4.79 Å². The molecular formula is C30H40N2O4. The molecule has 36 heavy (non-hydrogen) atoms. The van der Waals surface area contributed by atoms with Crippen LogP contribution < -0.4 is 0 Å². The lowest BCUT2D eigenvalue weighted by atomic mass is 9.92. The average molecular weight is 493 g/mol. The van der Waals surface area contributed by atoms with Gasteiger partial charge in [0, 0.05) is 39.0 Å². The lowest BCUT2D eigenvalue weighted by Gasteiger charge is -2.37. The first-order valence-electron chi connectivity index (χ1n) is 12.3. The summed E-state index contributed by atoms with van der Waals surface area (Å²) in [7, 11) is 3.45. The van der Waals surface area contributed by atoms with Crippen molar-refractivity contribution < 1.29 is 19.4 Å². The molecule has 2 atom stereocenters. The maximum absolute atomic E-state index is 12.5. The third kappa shape index (κ3) is 9.05. The Bertz CT molecular complexity index is 1020. The molecule has 194 valence electrons. The fraction of sp³-hybridized carbons (Fsp3) is 0.467. The predicted molar refractivity (Wildman–Crippen MR) is 143 cm³/mol. The van der Waals surface area contributed by atoms with Crippen LogP contribution in [0.1, 0.15) is 64.6 Å². The van der Waals surface area contributed by atoms with Crippen molar-refractivity contribution in [3.63, 3.8) is 0 Å². The molecule has 3 rings (SSSR count). The van der Waals surface area contributed by atoms with Gasteiger partial charge in [0.15, 0.2) is 0 Å². The summed E-state index contributed by atoms with van der Waals surface area (Å²) in [6.07, 6.45) is 0.516. The Labute approximate surface area is 216 Å². The number of rotatable bonds is 5. The maximum atomic E-state index is 12.5. The van der Waals surface area contributed by atoms with Crippen LogP contribution in [0.15, 0.2) is 60.7 Å². The van der Waals surface area contributed by atoms with Gasteiger partial charge in [0.2, 0.25) is 5.91 Å². The number of amides is 2. The second-order valence-electron chi connectivity index (χ2n) is 10.5. The van der Waals surface area contributed by atoms with Gasteiger partial charge in [0.05, 0.1) is 11.6 Å². The highest BCUT2D eigenvalue weighted by Gasteiger charge is 2.33. The van der Waals surface area contributed by atoms with Crippen molar-refractivity contribution in [2.24, 2.45) is 5.41 Å². The van der Waals surface area contributed by atoms with Gasteiger partial charge in [-0.1, -0.05) is 60.4 Å². The highest BCUT2D eigenvalue weighted by Crippen LogP contribution is 2.28. The largest absolute Gasteiger partial charge is 0.446 e. The van der Waals surface area contributed by atoms with E-state index < -0.39 is 11.0 Å². The van der Waals surface area contributed by atoms with E-state index in [2.05, 4.69) is 11.8 Å². The zero-order chi connectivity index (χ0) is 26.9. The van der Waals surface area contributed by atoms with Gasteiger partial charge >= 0.3 is 6.09 Å². The van der Waals surface area contributed by atoms with Crippen LogP contribution in [0.3, 0.4) is 0 Å². The summed E-state index contributed by atoms with van der Waals surface area (Å²) in [4.78, 5) is 27.9. The minimum Gasteiger partial charge on any atom is -0.446 e. The summed E-state index contributed by atoms with van der Waals surface area (Å²) in [5.74, 6) is 6.09. The lowest BCUT2D eigenvalue weighted by molar-refractivity contribution is -0.134. The van der Waals surface area contributed by atoms with Gasteiger partial charge in [-0.2, -0.15) is 0 Å². The number of aliphatic hydroxyl groups is 1. The summed E-state index contributed by atoms with van der Waals surface area (Å²) >= 11 is 0. The number of carbonyl (C=O) groups excluding carboxylic acids is 2. The highest BCUT2D eigenvalue weighted by atomic mass is 16.6. The number of cyclic esters (lactones) is 1. The van der Waals surface area contributed by atoms with Crippen molar-refractivity contribution in [1.29, 1.82) is 0 Å². The van der Waals surface area contributed by atoms with Gasteiger partial charge in [0.1, 0.15) is 11.5 Å². The Morgan fingerprint density at radius 3 is 2.06 bits per heavy atom. The number of carbonyl (C=O) groups is 2. The van der Waals surface area contributed by atoms with E-state index in [-0.39, 0.29) is 24.1 Å². The standard InChI is InChI=1S/C24H34N2O4.C6H6/c1-17(26-15-13-20(30-22(26)28)16-24(4,5)29)19-10-8-18(9-11-19)12-14-23(2,3)21(27)25(6)7;1-2-4-6-5-3-1/h8-11,17,20,29H,13,15-16H2,1-7H3;1-6H. The van der Waals surface area contributed by atoms with Gasteiger partial charge in [0.25, 0.3) is 0 Å². The predicted octanol–water partition coefficient (Wildman–Crippen LogP) is 5.27. The van der Waals surface area contributed by atoms with E-state index in [1.165, 1.54) is 0 Å². The zero-order valence-electron chi connectivity index (χ0n) is 22.6. The van der Waals surface area contributed by atoms with E-state index in [4.69, 9.17) is 4.74 Å². The molecule has 1 aliphatic heterocycles. The first-order chi connectivity index (χ1) is 16.8. The molecule has 0 aromatic heterocycles. The molecule has 6 nitrogen and oxygen atoms in total. The summed E-state index contributed by atoms with van der Waals surface area (Å²) in [6.45, 7) is 9.62. The molecule has 2 aromatic carbocycles. The molecule has 1 aliphatic rings. The Kier molecular flexibility index (Phi) is 10.1. The molecule has 6 heteroatoms. The molecule has 0 radical (unpaired) electrons. The fourth-order valence-corrected chi connectivity index (χ4v) is 3.95. The summed E-state index contributed by atoms with van der Waals surface area (Å²) in [6, 6.07) is 19.6. The van der Waals surface area contributed by atoms with E-state index >= 15 is 0 Å². The number of benzene rings is 2. The lowest BCUT2D eigenvalue weighted by Crippen LogP contribution is -2.45. The Morgan fingerprint density at radius 2 is 1.61 bits per heavy atom. The molecular weight excluding hydrogens is 452 g/mol. The third-order valence-corrected chi connectivity index (χ3v) is 5.91. The van der Waals surface area contributed by atoms with Gasteiger partial charge in [-0.25, -0.2) is 4.79 Å². The third-order valence-electron chi connectivity index (χ3n) is 5.91. The van der Waals surface area contributed by atoms with Crippen LogP contribution in [0.25, 0.3) is 0 Å². The second-order valence-corrected chi connectivity index (χ2v) is 10.5. The monoisotopic (exact) mass is 492 g/mol. The molecule has 2 aromatic rings. The average Bonchev–Trinajstić information content (AvgIpc) is 2.83. The van der Waals surface area contributed by atoms with Crippen molar-refractivity contribution in [3.05, 3.63) is 71.8 Å². The molecule has 1 fully saturated rings. The van der Waals surface area contributed by atoms with E-state index in [1.54, 1.807) is 37.7 Å². The molecule has 0 bridgehead atoms. The van der Waals surface area contributed by atoms with Crippen molar-refractivity contribution in [2.45, 2.75) is 65.2 Å². The van der Waals surface area contributed by atoms with Crippen LogP contribution >= 0.6 is 0 Å². The number of hydrogen-bond donors (Lipinski definition) is 1. The molecule has 2 unspecified atom stereocenters. The SMILES string of the molecule is CC(c1ccc(C#CC(C)(C)C(=O)N(C)C)cc1)N1CCC(CC(C)(C)O)OC1=O.c1ccccc1. The minimum absolute atomic E-state index is 0.0354. The van der Waals surface area contributed by atoms with Crippen LogP contribution in [-0.4, -0.2) is 59.3 Å². The topological polar surface area (TPSA) is 70.1 Å². The van der Waals surface area contributed by atoms with Gasteiger partial charge in [-0.3, -0.25) is 4.79 Å². The Balaban J connectivity index is 0.000000662.